The summed E-state index contributed by atoms with van der Waals surface area (Å²) in [5.74, 6) is -0.0667. The number of anilines is 1. The largest absolute Gasteiger partial charge is 0.397 e. The highest BCUT2D eigenvalue weighted by molar-refractivity contribution is 7.21. The second-order valence-electron chi connectivity index (χ2n) is 5.05. The van der Waals surface area contributed by atoms with Gasteiger partial charge in [-0.15, -0.1) is 11.3 Å². The molecule has 0 atom stereocenters. The number of carbonyl (C=O) groups excluding carboxylic acids is 1. The quantitative estimate of drug-likeness (QED) is 0.563. The Hall–Kier alpha value is -2.72. The molecule has 0 radical (unpaired) electrons. The average Bonchev–Trinajstić information content (AvgIpc) is 2.91. The van der Waals surface area contributed by atoms with Gasteiger partial charge in [-0.2, -0.15) is 0 Å². The summed E-state index contributed by atoms with van der Waals surface area (Å²) in [4.78, 5) is 17.9. The first-order valence-electron chi connectivity index (χ1n) is 6.91. The number of nitrogens with zero attached hydrogens (tertiary/aromatic N) is 1. The third-order valence-electron chi connectivity index (χ3n) is 3.72. The van der Waals surface area contributed by atoms with Crippen molar-refractivity contribution < 1.29 is 4.79 Å². The van der Waals surface area contributed by atoms with E-state index >= 15 is 0 Å². The lowest BCUT2D eigenvalue weighted by atomic mass is 10.0. The molecule has 2 N–H and O–H groups in total. The number of carbonyl (C=O) groups is 1. The fourth-order valence-corrected chi connectivity index (χ4v) is 3.72. The third-order valence-corrected chi connectivity index (χ3v) is 4.90. The fourth-order valence-electron chi connectivity index (χ4n) is 2.64. The molecule has 0 aliphatic rings. The minimum Gasteiger partial charge on any atom is -0.397 e. The molecule has 106 valence electrons. The Morgan fingerprint density at radius 3 is 2.68 bits per heavy atom. The van der Waals surface area contributed by atoms with Crippen LogP contribution < -0.4 is 5.73 Å². The van der Waals surface area contributed by atoms with Crippen LogP contribution in [0.2, 0.25) is 0 Å². The normalized spacial score (nSPS) is 11.1. The minimum absolute atomic E-state index is 0.0667. The van der Waals surface area contributed by atoms with Gasteiger partial charge in [-0.1, -0.05) is 36.4 Å². The smallest absolute Gasteiger partial charge is 0.207 e. The molecule has 0 bridgehead atoms. The molecule has 0 saturated carbocycles. The maximum Gasteiger partial charge on any atom is 0.207 e. The van der Waals surface area contributed by atoms with Crippen LogP contribution in [-0.4, -0.2) is 10.8 Å². The number of aromatic nitrogens is 1. The second-order valence-corrected chi connectivity index (χ2v) is 6.10. The van der Waals surface area contributed by atoms with Gasteiger partial charge in [0.1, 0.15) is 0 Å². The number of hydrogen-bond donors (Lipinski definition) is 1. The van der Waals surface area contributed by atoms with E-state index in [1.165, 1.54) is 11.3 Å². The molecule has 2 aromatic carbocycles. The molecule has 0 spiro atoms. The number of pyridine rings is 1. The minimum atomic E-state index is -0.0667. The van der Waals surface area contributed by atoms with Crippen LogP contribution in [-0.2, 0) is 0 Å². The van der Waals surface area contributed by atoms with Gasteiger partial charge in [0.2, 0.25) is 5.78 Å². The highest BCUT2D eigenvalue weighted by atomic mass is 32.1. The zero-order valence-electron chi connectivity index (χ0n) is 11.6. The third kappa shape index (κ3) is 1.89. The van der Waals surface area contributed by atoms with E-state index in [1.807, 2.05) is 54.6 Å². The predicted octanol–water partition coefficient (Wildman–Crippen LogP) is 4.26. The number of para-hydroxylation sites is 1. The van der Waals surface area contributed by atoms with Crippen LogP contribution >= 0.6 is 11.3 Å². The fraction of sp³-hybridized carbons (Fsp3) is 0. The molecule has 4 heteroatoms. The number of nitrogen functional groups attached to an aromatic ring is 1. The van der Waals surface area contributed by atoms with Crippen LogP contribution in [0.4, 0.5) is 5.69 Å². The Balaban J connectivity index is 1.94. The van der Waals surface area contributed by atoms with E-state index in [1.54, 1.807) is 6.20 Å². The molecular formula is C18H12N2OS. The molecule has 0 aliphatic heterocycles. The van der Waals surface area contributed by atoms with Crippen LogP contribution in [0.5, 0.6) is 0 Å². The van der Waals surface area contributed by atoms with Gasteiger partial charge in [-0.05, 0) is 18.2 Å². The Labute approximate surface area is 131 Å². The molecule has 2 heterocycles. The van der Waals surface area contributed by atoms with Crippen molar-refractivity contribution in [2.75, 3.05) is 5.73 Å². The lowest BCUT2D eigenvalue weighted by Crippen LogP contribution is -2.03. The van der Waals surface area contributed by atoms with Crippen molar-refractivity contribution >= 4 is 43.8 Å². The summed E-state index contributed by atoms with van der Waals surface area (Å²) in [6, 6.07) is 17.3. The molecule has 0 unspecified atom stereocenters. The molecule has 0 aliphatic carbocycles. The van der Waals surface area contributed by atoms with Crippen molar-refractivity contribution in [1.82, 2.24) is 4.98 Å². The lowest BCUT2D eigenvalue weighted by Gasteiger charge is -2.04. The van der Waals surface area contributed by atoms with Gasteiger partial charge in [0.25, 0.3) is 0 Å². The number of ketones is 1. The van der Waals surface area contributed by atoms with Gasteiger partial charge in [0, 0.05) is 27.2 Å². The molecule has 2 aromatic heterocycles. The van der Waals surface area contributed by atoms with E-state index in [9.17, 15) is 4.79 Å². The van der Waals surface area contributed by atoms with Gasteiger partial charge in [0.05, 0.1) is 16.1 Å². The Bertz CT molecular complexity index is 1010. The Morgan fingerprint density at radius 2 is 1.82 bits per heavy atom. The standard InChI is InChI=1S/C18H12N2OS/c19-15-12-7-1-2-9-14(12)22-18(15)17(21)13-8-3-5-11-6-4-10-20-16(11)13/h1-10H,19H2. The SMILES string of the molecule is Nc1c(C(=O)c2cccc3cccnc23)sc2ccccc12. The summed E-state index contributed by atoms with van der Waals surface area (Å²) in [6.07, 6.45) is 1.70. The summed E-state index contributed by atoms with van der Waals surface area (Å²) >= 11 is 1.43. The van der Waals surface area contributed by atoms with Crippen molar-refractivity contribution in [3.8, 4) is 0 Å². The molecule has 22 heavy (non-hydrogen) atoms. The van der Waals surface area contributed by atoms with Crippen LogP contribution in [0.15, 0.2) is 60.8 Å². The van der Waals surface area contributed by atoms with Crippen molar-refractivity contribution in [2.24, 2.45) is 0 Å². The van der Waals surface area contributed by atoms with Crippen LogP contribution in [0.3, 0.4) is 0 Å². The van der Waals surface area contributed by atoms with E-state index in [0.29, 0.717) is 21.6 Å². The molecule has 4 aromatic rings. The first-order valence-corrected chi connectivity index (χ1v) is 7.73. The zero-order chi connectivity index (χ0) is 15.1. The van der Waals surface area contributed by atoms with Gasteiger partial charge < -0.3 is 5.73 Å². The second kappa shape index (κ2) is 4.93. The highest BCUT2D eigenvalue weighted by Crippen LogP contribution is 2.35. The van der Waals surface area contributed by atoms with Crippen molar-refractivity contribution in [3.05, 3.63) is 71.2 Å². The Morgan fingerprint density at radius 1 is 1.00 bits per heavy atom. The molecule has 4 rings (SSSR count). The van der Waals surface area contributed by atoms with Crippen LogP contribution in [0.1, 0.15) is 15.2 Å². The topological polar surface area (TPSA) is 56.0 Å². The van der Waals surface area contributed by atoms with Crippen molar-refractivity contribution in [3.63, 3.8) is 0 Å². The number of benzene rings is 2. The monoisotopic (exact) mass is 304 g/mol. The number of thiophene rings is 1. The van der Waals surface area contributed by atoms with Crippen molar-refractivity contribution in [2.45, 2.75) is 0 Å². The maximum atomic E-state index is 12.9. The first kappa shape index (κ1) is 13.0. The summed E-state index contributed by atoms with van der Waals surface area (Å²) in [6.45, 7) is 0. The van der Waals surface area contributed by atoms with E-state index in [-0.39, 0.29) is 5.78 Å². The summed E-state index contributed by atoms with van der Waals surface area (Å²) < 4.78 is 1.02. The summed E-state index contributed by atoms with van der Waals surface area (Å²) in [5.41, 5.74) is 8.05. The van der Waals surface area contributed by atoms with E-state index in [4.69, 9.17) is 5.73 Å². The van der Waals surface area contributed by atoms with Crippen LogP contribution in [0.25, 0.3) is 21.0 Å². The van der Waals surface area contributed by atoms with Gasteiger partial charge >= 0.3 is 0 Å². The number of hydrogen-bond acceptors (Lipinski definition) is 4. The zero-order valence-corrected chi connectivity index (χ0v) is 12.4. The first-order chi connectivity index (χ1) is 10.8. The van der Waals surface area contributed by atoms with E-state index in [0.717, 1.165) is 15.5 Å². The van der Waals surface area contributed by atoms with E-state index < -0.39 is 0 Å². The van der Waals surface area contributed by atoms with Gasteiger partial charge in [-0.25, -0.2) is 0 Å². The maximum absolute atomic E-state index is 12.9. The number of fused-ring (bicyclic) bond motifs is 2. The van der Waals surface area contributed by atoms with Crippen LogP contribution in [0, 0.1) is 0 Å². The highest BCUT2D eigenvalue weighted by Gasteiger charge is 2.19. The molecule has 0 amide bonds. The molecule has 0 saturated heterocycles. The lowest BCUT2D eigenvalue weighted by molar-refractivity contribution is 0.104. The predicted molar refractivity (Wildman–Crippen MR) is 91.4 cm³/mol. The number of rotatable bonds is 2. The van der Waals surface area contributed by atoms with E-state index in [2.05, 4.69) is 4.98 Å². The average molecular weight is 304 g/mol. The van der Waals surface area contributed by atoms with Crippen molar-refractivity contribution in [1.29, 1.82) is 0 Å². The molecule has 3 nitrogen and oxygen atoms in total. The molecular weight excluding hydrogens is 292 g/mol. The number of nitrogens with two attached hydrogens (primary N) is 1. The van der Waals surface area contributed by atoms with Gasteiger partial charge in [0.15, 0.2) is 0 Å². The summed E-state index contributed by atoms with van der Waals surface area (Å²) in [7, 11) is 0. The Kier molecular flexibility index (Phi) is 2.91. The summed E-state index contributed by atoms with van der Waals surface area (Å²) in [5, 5.41) is 1.89. The molecule has 0 fully saturated rings. The van der Waals surface area contributed by atoms with Gasteiger partial charge in [-0.3, -0.25) is 9.78 Å².